The highest BCUT2D eigenvalue weighted by Gasteiger charge is 2.19. The summed E-state index contributed by atoms with van der Waals surface area (Å²) >= 11 is 0. The molecule has 142 valence electrons. The molecule has 0 bridgehead atoms. The first-order valence-corrected chi connectivity index (χ1v) is 9.99. The Morgan fingerprint density at radius 3 is 2.28 bits per heavy atom. The van der Waals surface area contributed by atoms with E-state index in [1.54, 1.807) is 0 Å². The Labute approximate surface area is 170 Å². The number of aryl methyl sites for hydroxylation is 4. The van der Waals surface area contributed by atoms with Crippen molar-refractivity contribution in [2.45, 2.75) is 27.7 Å². The number of fused-ring (bicyclic) bond motifs is 3. The number of furan rings is 1. The van der Waals surface area contributed by atoms with Crippen molar-refractivity contribution in [3.63, 3.8) is 0 Å². The molecule has 0 atom stereocenters. The van der Waals surface area contributed by atoms with Crippen LogP contribution in [-0.2, 0) is 0 Å². The molecule has 0 N–H and O–H groups in total. The number of rotatable bonds is 2. The van der Waals surface area contributed by atoms with Gasteiger partial charge in [0.25, 0.3) is 0 Å². The fourth-order valence-corrected chi connectivity index (χ4v) is 4.32. The quantitative estimate of drug-likeness (QED) is 0.317. The first kappa shape index (κ1) is 17.7. The van der Waals surface area contributed by atoms with E-state index >= 15 is 0 Å². The van der Waals surface area contributed by atoms with E-state index in [0.29, 0.717) is 5.71 Å². The second-order valence-corrected chi connectivity index (χ2v) is 7.89. The zero-order chi connectivity index (χ0) is 20.1. The maximum absolute atomic E-state index is 6.37. The molecule has 0 fully saturated rings. The Morgan fingerprint density at radius 1 is 0.690 bits per heavy atom. The van der Waals surface area contributed by atoms with Gasteiger partial charge in [-0.2, -0.15) is 0 Å². The zero-order valence-corrected chi connectivity index (χ0v) is 17.2. The van der Waals surface area contributed by atoms with Gasteiger partial charge in [-0.05, 0) is 79.3 Å². The summed E-state index contributed by atoms with van der Waals surface area (Å²) in [6.45, 7) is 8.49. The number of benzene rings is 3. The molecule has 0 spiro atoms. The predicted octanol–water partition coefficient (Wildman–Crippen LogP) is 7.55. The Balaban J connectivity index is 1.85. The lowest BCUT2D eigenvalue weighted by atomic mass is 9.90. The monoisotopic (exact) mass is 377 g/mol. The highest BCUT2D eigenvalue weighted by molar-refractivity contribution is 6.11. The minimum atomic E-state index is 0.715. The fraction of sp³-hybridized carbons (Fsp3) is 0.148. The lowest BCUT2D eigenvalue weighted by Gasteiger charge is -2.14. The third kappa shape index (κ3) is 2.84. The molecule has 2 heterocycles. The van der Waals surface area contributed by atoms with Crippen molar-refractivity contribution in [3.05, 3.63) is 89.1 Å². The van der Waals surface area contributed by atoms with E-state index < -0.39 is 0 Å². The number of nitrogens with zero attached hydrogens (tertiary/aromatic N) is 1. The van der Waals surface area contributed by atoms with Gasteiger partial charge in [-0.3, -0.25) is 0 Å². The SMILES string of the molecule is Cc1ccc2c(n1)oc1c(-c3cc(-c4ccccc4)ccc3C)c(C)cc(C)c12. The summed E-state index contributed by atoms with van der Waals surface area (Å²) in [7, 11) is 0. The fourth-order valence-electron chi connectivity index (χ4n) is 4.32. The van der Waals surface area contributed by atoms with Crippen molar-refractivity contribution in [2.24, 2.45) is 0 Å². The van der Waals surface area contributed by atoms with Crippen LogP contribution < -0.4 is 0 Å². The minimum Gasteiger partial charge on any atom is -0.437 e. The van der Waals surface area contributed by atoms with Crippen molar-refractivity contribution >= 4 is 22.1 Å². The van der Waals surface area contributed by atoms with Crippen molar-refractivity contribution in [1.29, 1.82) is 0 Å². The molecule has 0 saturated carbocycles. The van der Waals surface area contributed by atoms with Crippen LogP contribution in [0.15, 0.2) is 71.1 Å². The average molecular weight is 377 g/mol. The third-order valence-electron chi connectivity index (χ3n) is 5.76. The molecular formula is C27H23NO. The average Bonchev–Trinajstić information content (AvgIpc) is 3.08. The lowest BCUT2D eigenvalue weighted by Crippen LogP contribution is -1.91. The third-order valence-corrected chi connectivity index (χ3v) is 5.76. The van der Waals surface area contributed by atoms with Crippen LogP contribution in [0.1, 0.15) is 22.4 Å². The van der Waals surface area contributed by atoms with Crippen LogP contribution in [-0.4, -0.2) is 4.98 Å². The summed E-state index contributed by atoms with van der Waals surface area (Å²) < 4.78 is 6.37. The van der Waals surface area contributed by atoms with Crippen LogP contribution >= 0.6 is 0 Å². The van der Waals surface area contributed by atoms with Gasteiger partial charge in [-0.15, -0.1) is 0 Å². The summed E-state index contributed by atoms with van der Waals surface area (Å²) in [5.74, 6) is 0. The van der Waals surface area contributed by atoms with E-state index in [9.17, 15) is 0 Å². The van der Waals surface area contributed by atoms with E-state index in [1.807, 2.05) is 6.92 Å². The molecule has 2 aromatic heterocycles. The highest BCUT2D eigenvalue weighted by atomic mass is 16.3. The van der Waals surface area contributed by atoms with Gasteiger partial charge in [0, 0.05) is 22.0 Å². The molecule has 0 aliphatic carbocycles. The van der Waals surface area contributed by atoms with E-state index in [-0.39, 0.29) is 0 Å². The molecule has 0 unspecified atom stereocenters. The van der Waals surface area contributed by atoms with Gasteiger partial charge in [0.1, 0.15) is 5.58 Å². The lowest BCUT2D eigenvalue weighted by molar-refractivity contribution is 0.653. The molecular weight excluding hydrogens is 354 g/mol. The summed E-state index contributed by atoms with van der Waals surface area (Å²) in [5.41, 5.74) is 11.1. The first-order chi connectivity index (χ1) is 14.0. The molecule has 5 aromatic rings. The Hall–Kier alpha value is -3.39. The van der Waals surface area contributed by atoms with Crippen LogP contribution in [0.2, 0.25) is 0 Å². The highest BCUT2D eigenvalue weighted by Crippen LogP contribution is 2.41. The van der Waals surface area contributed by atoms with Crippen molar-refractivity contribution in [1.82, 2.24) is 4.98 Å². The number of aromatic nitrogens is 1. The largest absolute Gasteiger partial charge is 0.437 e. The predicted molar refractivity (Wildman–Crippen MR) is 121 cm³/mol. The maximum atomic E-state index is 6.37. The van der Waals surface area contributed by atoms with Gasteiger partial charge in [-0.25, -0.2) is 4.98 Å². The van der Waals surface area contributed by atoms with E-state index in [1.165, 1.54) is 33.4 Å². The normalized spacial score (nSPS) is 11.4. The smallest absolute Gasteiger partial charge is 0.227 e. The van der Waals surface area contributed by atoms with Crippen LogP contribution in [0.25, 0.3) is 44.3 Å². The first-order valence-electron chi connectivity index (χ1n) is 9.99. The topological polar surface area (TPSA) is 26.0 Å². The molecule has 29 heavy (non-hydrogen) atoms. The molecule has 0 aliphatic heterocycles. The molecule has 0 aliphatic rings. The van der Waals surface area contributed by atoms with Crippen LogP contribution in [0.3, 0.4) is 0 Å². The van der Waals surface area contributed by atoms with Gasteiger partial charge in [0.05, 0.1) is 0 Å². The van der Waals surface area contributed by atoms with Gasteiger partial charge >= 0.3 is 0 Å². The number of pyridine rings is 1. The van der Waals surface area contributed by atoms with Crippen LogP contribution in [0.4, 0.5) is 0 Å². The summed E-state index contributed by atoms with van der Waals surface area (Å²) in [6, 6.07) is 23.6. The zero-order valence-electron chi connectivity index (χ0n) is 17.2. The molecule has 0 amide bonds. The van der Waals surface area contributed by atoms with E-state index in [0.717, 1.165) is 27.6 Å². The van der Waals surface area contributed by atoms with E-state index in [4.69, 9.17) is 4.42 Å². The Morgan fingerprint density at radius 2 is 1.48 bits per heavy atom. The Kier molecular flexibility index (Phi) is 4.02. The van der Waals surface area contributed by atoms with Gasteiger partial charge in [-0.1, -0.05) is 48.5 Å². The summed E-state index contributed by atoms with van der Waals surface area (Å²) in [4.78, 5) is 4.64. The second kappa shape index (κ2) is 6.59. The summed E-state index contributed by atoms with van der Waals surface area (Å²) in [5, 5.41) is 2.25. The molecule has 5 rings (SSSR count). The minimum absolute atomic E-state index is 0.715. The van der Waals surface area contributed by atoms with Crippen LogP contribution in [0, 0.1) is 27.7 Å². The molecule has 2 heteroatoms. The van der Waals surface area contributed by atoms with Crippen molar-refractivity contribution in [3.8, 4) is 22.3 Å². The van der Waals surface area contributed by atoms with Gasteiger partial charge in [0.2, 0.25) is 5.71 Å². The maximum Gasteiger partial charge on any atom is 0.227 e. The second-order valence-electron chi connectivity index (χ2n) is 7.89. The van der Waals surface area contributed by atoms with Crippen LogP contribution in [0.5, 0.6) is 0 Å². The van der Waals surface area contributed by atoms with E-state index in [2.05, 4.69) is 92.5 Å². The molecule has 3 aromatic carbocycles. The molecule has 2 nitrogen and oxygen atoms in total. The molecule has 0 radical (unpaired) electrons. The summed E-state index contributed by atoms with van der Waals surface area (Å²) in [6.07, 6.45) is 0. The Bertz CT molecular complexity index is 1380. The molecule has 0 saturated heterocycles. The number of hydrogen-bond donors (Lipinski definition) is 0. The standard InChI is InChI=1S/C27H23NO/c1-16-10-12-21(20-8-6-5-7-9-20)15-23(16)25-18(3)14-17(2)24-22-13-11-19(4)28-27(22)29-26(24)25/h5-15H,1-4H3. The van der Waals surface area contributed by atoms with Gasteiger partial charge in [0.15, 0.2) is 0 Å². The number of hydrogen-bond acceptors (Lipinski definition) is 2. The van der Waals surface area contributed by atoms with Crippen molar-refractivity contribution in [2.75, 3.05) is 0 Å². The van der Waals surface area contributed by atoms with Gasteiger partial charge < -0.3 is 4.42 Å². The van der Waals surface area contributed by atoms with Crippen molar-refractivity contribution < 1.29 is 4.42 Å².